The maximum absolute atomic E-state index is 11.8. The lowest BCUT2D eigenvalue weighted by molar-refractivity contribution is -0.156. The minimum Gasteiger partial charge on any atom is -0.460 e. The zero-order valence-corrected chi connectivity index (χ0v) is 10.3. The van der Waals surface area contributed by atoms with Crippen LogP contribution in [-0.2, 0) is 9.53 Å². The highest BCUT2D eigenvalue weighted by Gasteiger charge is 2.22. The van der Waals surface area contributed by atoms with Gasteiger partial charge in [-0.1, -0.05) is 12.1 Å². The summed E-state index contributed by atoms with van der Waals surface area (Å²) in [6, 6.07) is 7.28. The van der Waals surface area contributed by atoms with E-state index in [0.29, 0.717) is 5.69 Å². The molecule has 0 spiro atoms. The SMILES string of the molecule is CC(C(=O)OC(C)(C)C)c1ccc(N)cc1. The number of hydrogen-bond donors (Lipinski definition) is 1. The number of nitrogen functional groups attached to an aromatic ring is 1. The quantitative estimate of drug-likeness (QED) is 0.617. The van der Waals surface area contributed by atoms with E-state index in [1.807, 2.05) is 39.8 Å². The zero-order valence-electron chi connectivity index (χ0n) is 10.3. The molecular formula is C13H19NO2. The molecule has 3 heteroatoms. The van der Waals surface area contributed by atoms with Gasteiger partial charge in [0.25, 0.3) is 0 Å². The van der Waals surface area contributed by atoms with Crippen LogP contribution in [-0.4, -0.2) is 11.6 Å². The Bertz CT molecular complexity index is 363. The van der Waals surface area contributed by atoms with Gasteiger partial charge in [-0.15, -0.1) is 0 Å². The normalized spacial score (nSPS) is 13.2. The van der Waals surface area contributed by atoms with Crippen molar-refractivity contribution in [1.29, 1.82) is 0 Å². The van der Waals surface area contributed by atoms with Gasteiger partial charge in [0.05, 0.1) is 5.92 Å². The lowest BCUT2D eigenvalue weighted by atomic mass is 10.0. The van der Waals surface area contributed by atoms with Crippen molar-refractivity contribution < 1.29 is 9.53 Å². The minimum absolute atomic E-state index is 0.211. The van der Waals surface area contributed by atoms with E-state index in [-0.39, 0.29) is 11.9 Å². The molecule has 0 heterocycles. The third-order valence-electron chi connectivity index (χ3n) is 2.20. The summed E-state index contributed by atoms with van der Waals surface area (Å²) in [5, 5.41) is 0. The molecule has 1 aromatic carbocycles. The molecule has 3 nitrogen and oxygen atoms in total. The fraction of sp³-hybridized carbons (Fsp3) is 0.462. The van der Waals surface area contributed by atoms with E-state index in [9.17, 15) is 4.79 Å². The van der Waals surface area contributed by atoms with Crippen molar-refractivity contribution in [2.24, 2.45) is 0 Å². The number of esters is 1. The molecule has 0 fully saturated rings. The molecule has 88 valence electrons. The molecule has 0 saturated carbocycles. The second-order valence-corrected chi connectivity index (χ2v) is 4.92. The molecule has 16 heavy (non-hydrogen) atoms. The highest BCUT2D eigenvalue weighted by molar-refractivity contribution is 5.78. The van der Waals surface area contributed by atoms with E-state index in [0.717, 1.165) is 5.56 Å². The lowest BCUT2D eigenvalue weighted by Crippen LogP contribution is -2.26. The number of anilines is 1. The maximum Gasteiger partial charge on any atom is 0.313 e. The van der Waals surface area contributed by atoms with E-state index in [4.69, 9.17) is 10.5 Å². The Hall–Kier alpha value is -1.51. The van der Waals surface area contributed by atoms with Crippen LogP contribution in [0.1, 0.15) is 39.2 Å². The smallest absolute Gasteiger partial charge is 0.313 e. The largest absolute Gasteiger partial charge is 0.460 e. The summed E-state index contributed by atoms with van der Waals surface area (Å²) in [6.07, 6.45) is 0. The molecule has 0 aliphatic carbocycles. The third kappa shape index (κ3) is 3.57. The number of ether oxygens (including phenoxy) is 1. The zero-order chi connectivity index (χ0) is 12.3. The van der Waals surface area contributed by atoms with Gasteiger partial charge in [-0.05, 0) is 45.4 Å². The van der Waals surface area contributed by atoms with E-state index in [2.05, 4.69) is 0 Å². The highest BCUT2D eigenvalue weighted by atomic mass is 16.6. The second-order valence-electron chi connectivity index (χ2n) is 4.92. The van der Waals surface area contributed by atoms with Gasteiger partial charge in [0, 0.05) is 5.69 Å². The number of nitrogens with two attached hydrogens (primary N) is 1. The van der Waals surface area contributed by atoms with Crippen LogP contribution in [0.15, 0.2) is 24.3 Å². The van der Waals surface area contributed by atoms with Crippen molar-refractivity contribution >= 4 is 11.7 Å². The Kier molecular flexibility index (Phi) is 3.58. The summed E-state index contributed by atoms with van der Waals surface area (Å²) in [4.78, 5) is 11.8. The lowest BCUT2D eigenvalue weighted by Gasteiger charge is -2.22. The Labute approximate surface area is 96.6 Å². The Morgan fingerprint density at radius 1 is 1.25 bits per heavy atom. The first kappa shape index (κ1) is 12.6. The number of carbonyl (C=O) groups excluding carboxylic acids is 1. The van der Waals surface area contributed by atoms with Crippen molar-refractivity contribution in [2.75, 3.05) is 5.73 Å². The fourth-order valence-corrected chi connectivity index (χ4v) is 1.31. The Balaban J connectivity index is 2.74. The van der Waals surface area contributed by atoms with Crippen molar-refractivity contribution in [3.8, 4) is 0 Å². The number of benzene rings is 1. The van der Waals surface area contributed by atoms with Crippen LogP contribution < -0.4 is 5.73 Å². The van der Waals surface area contributed by atoms with Gasteiger partial charge in [-0.25, -0.2) is 0 Å². The van der Waals surface area contributed by atoms with Crippen molar-refractivity contribution in [3.63, 3.8) is 0 Å². The van der Waals surface area contributed by atoms with Gasteiger partial charge in [0.1, 0.15) is 5.60 Å². The monoisotopic (exact) mass is 221 g/mol. The molecule has 0 bridgehead atoms. The van der Waals surface area contributed by atoms with E-state index in [1.165, 1.54) is 0 Å². The molecule has 1 rings (SSSR count). The average Bonchev–Trinajstić information content (AvgIpc) is 2.15. The molecule has 0 radical (unpaired) electrons. The van der Waals surface area contributed by atoms with Gasteiger partial charge in [0.2, 0.25) is 0 Å². The van der Waals surface area contributed by atoms with Crippen molar-refractivity contribution in [2.45, 2.75) is 39.2 Å². The number of hydrogen-bond acceptors (Lipinski definition) is 3. The van der Waals surface area contributed by atoms with E-state index >= 15 is 0 Å². The minimum atomic E-state index is -0.445. The summed E-state index contributed by atoms with van der Waals surface area (Å²) in [5.74, 6) is -0.475. The van der Waals surface area contributed by atoms with E-state index < -0.39 is 5.60 Å². The molecule has 0 aliphatic rings. The average molecular weight is 221 g/mol. The van der Waals surface area contributed by atoms with Gasteiger partial charge in [-0.2, -0.15) is 0 Å². The van der Waals surface area contributed by atoms with Crippen LogP contribution in [0.3, 0.4) is 0 Å². The molecular weight excluding hydrogens is 202 g/mol. The van der Waals surface area contributed by atoms with Gasteiger partial charge in [0.15, 0.2) is 0 Å². The standard InChI is InChI=1S/C13H19NO2/c1-9(12(15)16-13(2,3)4)10-5-7-11(14)8-6-10/h5-9H,14H2,1-4H3. The molecule has 0 saturated heterocycles. The summed E-state index contributed by atoms with van der Waals surface area (Å²) < 4.78 is 5.31. The van der Waals surface area contributed by atoms with Crippen LogP contribution >= 0.6 is 0 Å². The summed E-state index contributed by atoms with van der Waals surface area (Å²) in [6.45, 7) is 7.42. The summed E-state index contributed by atoms with van der Waals surface area (Å²) in [5.41, 5.74) is 6.76. The summed E-state index contributed by atoms with van der Waals surface area (Å²) >= 11 is 0. The third-order valence-corrected chi connectivity index (χ3v) is 2.20. The fourth-order valence-electron chi connectivity index (χ4n) is 1.31. The first-order chi connectivity index (χ1) is 7.29. The van der Waals surface area contributed by atoms with Crippen LogP contribution in [0.2, 0.25) is 0 Å². The van der Waals surface area contributed by atoms with Gasteiger partial charge < -0.3 is 10.5 Å². The van der Waals surface area contributed by atoms with E-state index in [1.54, 1.807) is 12.1 Å². The Morgan fingerprint density at radius 3 is 2.19 bits per heavy atom. The topological polar surface area (TPSA) is 52.3 Å². The molecule has 0 aromatic heterocycles. The first-order valence-electron chi connectivity index (χ1n) is 5.38. The summed E-state index contributed by atoms with van der Waals surface area (Å²) in [7, 11) is 0. The predicted molar refractivity (Wildman–Crippen MR) is 65.1 cm³/mol. The van der Waals surface area contributed by atoms with Crippen molar-refractivity contribution in [1.82, 2.24) is 0 Å². The Morgan fingerprint density at radius 2 is 1.75 bits per heavy atom. The second kappa shape index (κ2) is 4.56. The number of rotatable bonds is 2. The molecule has 1 atom stereocenters. The van der Waals surface area contributed by atoms with Crippen LogP contribution in [0.4, 0.5) is 5.69 Å². The van der Waals surface area contributed by atoms with Crippen LogP contribution in [0.25, 0.3) is 0 Å². The molecule has 1 unspecified atom stereocenters. The first-order valence-corrected chi connectivity index (χ1v) is 5.38. The van der Waals surface area contributed by atoms with Crippen LogP contribution in [0.5, 0.6) is 0 Å². The molecule has 0 aliphatic heterocycles. The number of carbonyl (C=O) groups is 1. The molecule has 2 N–H and O–H groups in total. The van der Waals surface area contributed by atoms with Gasteiger partial charge in [-0.3, -0.25) is 4.79 Å². The molecule has 0 amide bonds. The highest BCUT2D eigenvalue weighted by Crippen LogP contribution is 2.21. The molecule has 1 aromatic rings. The van der Waals surface area contributed by atoms with Crippen LogP contribution in [0, 0.1) is 0 Å². The van der Waals surface area contributed by atoms with Gasteiger partial charge >= 0.3 is 5.97 Å². The predicted octanol–water partition coefficient (Wildman–Crippen LogP) is 2.71. The van der Waals surface area contributed by atoms with Crippen molar-refractivity contribution in [3.05, 3.63) is 29.8 Å². The maximum atomic E-state index is 11.8.